The van der Waals surface area contributed by atoms with Crippen molar-refractivity contribution in [2.24, 2.45) is 5.92 Å². The van der Waals surface area contributed by atoms with Crippen LogP contribution in [0.5, 0.6) is 0 Å². The van der Waals surface area contributed by atoms with Crippen LogP contribution in [0.15, 0.2) is 30.6 Å². The highest BCUT2D eigenvalue weighted by Gasteiger charge is 2.35. The Kier molecular flexibility index (Phi) is 5.35. The van der Waals surface area contributed by atoms with Crippen LogP contribution in [0.4, 0.5) is 10.1 Å². The zero-order valence-corrected chi connectivity index (χ0v) is 15.0. The standard InChI is InChI=1S/C19H23FN4O2/c1-13-4-5-17(16(20)10-13)24-12-15(11-18(24)25)19(26)22-6-3-8-23-9-7-21-14(23)2/h4-5,7,9-10,15H,3,6,8,11-12H2,1-2H3,(H,22,26). The third kappa shape index (κ3) is 3.92. The molecule has 3 rings (SSSR count). The Morgan fingerprint density at radius 1 is 1.38 bits per heavy atom. The van der Waals surface area contributed by atoms with Crippen molar-refractivity contribution in [1.29, 1.82) is 0 Å². The molecule has 2 aromatic rings. The number of amides is 2. The number of carbonyl (C=O) groups excluding carboxylic acids is 2. The molecule has 1 fully saturated rings. The fourth-order valence-electron chi connectivity index (χ4n) is 3.19. The molecule has 1 aromatic carbocycles. The van der Waals surface area contributed by atoms with Gasteiger partial charge in [0.1, 0.15) is 11.6 Å². The summed E-state index contributed by atoms with van der Waals surface area (Å²) in [5.41, 5.74) is 1.03. The monoisotopic (exact) mass is 358 g/mol. The van der Waals surface area contributed by atoms with Crippen molar-refractivity contribution in [1.82, 2.24) is 14.9 Å². The molecule has 138 valence electrons. The minimum atomic E-state index is -0.446. The maximum Gasteiger partial charge on any atom is 0.227 e. The highest BCUT2D eigenvalue weighted by molar-refractivity contribution is 6.00. The van der Waals surface area contributed by atoms with Crippen molar-refractivity contribution in [3.8, 4) is 0 Å². The lowest BCUT2D eigenvalue weighted by Gasteiger charge is -2.17. The molecular weight excluding hydrogens is 335 g/mol. The van der Waals surface area contributed by atoms with Gasteiger partial charge in [-0.1, -0.05) is 6.07 Å². The van der Waals surface area contributed by atoms with Gasteiger partial charge in [-0.25, -0.2) is 9.37 Å². The van der Waals surface area contributed by atoms with Crippen LogP contribution in [0.3, 0.4) is 0 Å². The molecule has 26 heavy (non-hydrogen) atoms. The number of carbonyl (C=O) groups is 2. The SMILES string of the molecule is Cc1ccc(N2CC(C(=O)NCCCn3ccnc3C)CC2=O)c(F)c1. The van der Waals surface area contributed by atoms with E-state index in [2.05, 4.69) is 10.3 Å². The predicted molar refractivity (Wildman–Crippen MR) is 96.2 cm³/mol. The molecule has 0 spiro atoms. The molecule has 2 amide bonds. The van der Waals surface area contributed by atoms with Crippen LogP contribution >= 0.6 is 0 Å². The summed E-state index contributed by atoms with van der Waals surface area (Å²) in [6.07, 6.45) is 4.54. The van der Waals surface area contributed by atoms with Gasteiger partial charge < -0.3 is 14.8 Å². The summed E-state index contributed by atoms with van der Waals surface area (Å²) in [5.74, 6) is -0.320. The molecule has 0 bridgehead atoms. The Morgan fingerprint density at radius 2 is 2.19 bits per heavy atom. The zero-order chi connectivity index (χ0) is 18.7. The van der Waals surface area contributed by atoms with Gasteiger partial charge >= 0.3 is 0 Å². The van der Waals surface area contributed by atoms with Crippen molar-refractivity contribution < 1.29 is 14.0 Å². The molecule has 0 radical (unpaired) electrons. The number of aryl methyl sites for hydroxylation is 3. The lowest BCUT2D eigenvalue weighted by Crippen LogP contribution is -2.34. The molecule has 7 heteroatoms. The van der Waals surface area contributed by atoms with E-state index in [1.165, 1.54) is 11.0 Å². The first-order chi connectivity index (χ1) is 12.5. The number of hydrogen-bond acceptors (Lipinski definition) is 3. The molecule has 1 atom stereocenters. The van der Waals surface area contributed by atoms with E-state index in [4.69, 9.17) is 0 Å². The molecule has 1 saturated heterocycles. The molecule has 1 unspecified atom stereocenters. The van der Waals surface area contributed by atoms with Gasteiger partial charge in [-0.2, -0.15) is 0 Å². The van der Waals surface area contributed by atoms with Crippen molar-refractivity contribution in [3.05, 3.63) is 47.8 Å². The summed E-state index contributed by atoms with van der Waals surface area (Å²) in [6, 6.07) is 4.75. The van der Waals surface area contributed by atoms with Gasteiger partial charge in [0.15, 0.2) is 0 Å². The second-order valence-corrected chi connectivity index (χ2v) is 6.67. The number of nitrogens with one attached hydrogen (secondary N) is 1. The summed E-state index contributed by atoms with van der Waals surface area (Å²) >= 11 is 0. The molecule has 6 nitrogen and oxygen atoms in total. The topological polar surface area (TPSA) is 67.2 Å². The van der Waals surface area contributed by atoms with E-state index in [9.17, 15) is 14.0 Å². The van der Waals surface area contributed by atoms with Crippen LogP contribution < -0.4 is 10.2 Å². The van der Waals surface area contributed by atoms with Gasteiger partial charge in [0.2, 0.25) is 11.8 Å². The third-order valence-electron chi connectivity index (χ3n) is 4.69. The van der Waals surface area contributed by atoms with Crippen LogP contribution in [0.2, 0.25) is 0 Å². The Labute approximate surface area is 152 Å². The van der Waals surface area contributed by atoms with E-state index < -0.39 is 11.7 Å². The lowest BCUT2D eigenvalue weighted by atomic mass is 10.1. The van der Waals surface area contributed by atoms with Crippen LogP contribution in [-0.2, 0) is 16.1 Å². The molecule has 0 aliphatic carbocycles. The van der Waals surface area contributed by atoms with Crippen LogP contribution in [0.25, 0.3) is 0 Å². The number of benzene rings is 1. The smallest absolute Gasteiger partial charge is 0.227 e. The molecule has 1 N–H and O–H groups in total. The second-order valence-electron chi connectivity index (χ2n) is 6.67. The van der Waals surface area contributed by atoms with E-state index in [1.54, 1.807) is 25.3 Å². The van der Waals surface area contributed by atoms with Crippen LogP contribution in [-0.4, -0.2) is 34.5 Å². The fraction of sp³-hybridized carbons (Fsp3) is 0.421. The second kappa shape index (κ2) is 7.68. The van der Waals surface area contributed by atoms with E-state index >= 15 is 0 Å². The number of anilines is 1. The summed E-state index contributed by atoms with van der Waals surface area (Å²) < 4.78 is 16.1. The largest absolute Gasteiger partial charge is 0.356 e. The van der Waals surface area contributed by atoms with Crippen molar-refractivity contribution in [3.63, 3.8) is 0 Å². The fourth-order valence-corrected chi connectivity index (χ4v) is 3.19. The third-order valence-corrected chi connectivity index (χ3v) is 4.69. The highest BCUT2D eigenvalue weighted by Crippen LogP contribution is 2.28. The molecule has 1 aliphatic heterocycles. The van der Waals surface area contributed by atoms with E-state index in [-0.39, 0.29) is 30.5 Å². The minimum Gasteiger partial charge on any atom is -0.356 e. The van der Waals surface area contributed by atoms with Gasteiger partial charge in [0.05, 0.1) is 11.6 Å². The van der Waals surface area contributed by atoms with Gasteiger partial charge in [-0.3, -0.25) is 9.59 Å². The summed E-state index contributed by atoms with van der Waals surface area (Å²) in [7, 11) is 0. The average Bonchev–Trinajstić information content (AvgIpc) is 3.17. The summed E-state index contributed by atoms with van der Waals surface area (Å²) in [5, 5.41) is 2.88. The van der Waals surface area contributed by atoms with Gasteiger partial charge in [-0.05, 0) is 38.0 Å². The quantitative estimate of drug-likeness (QED) is 0.805. The van der Waals surface area contributed by atoms with E-state index in [0.29, 0.717) is 6.54 Å². The predicted octanol–water partition coefficient (Wildman–Crippen LogP) is 2.20. The Bertz CT molecular complexity index is 818. The Hall–Kier alpha value is -2.70. The summed E-state index contributed by atoms with van der Waals surface area (Å²) in [6.45, 7) is 5.24. The molecule has 1 aliphatic rings. The number of hydrogen-bond donors (Lipinski definition) is 1. The van der Waals surface area contributed by atoms with E-state index in [0.717, 1.165) is 24.4 Å². The van der Waals surface area contributed by atoms with E-state index in [1.807, 2.05) is 17.7 Å². The number of imidazole rings is 1. The minimum absolute atomic E-state index is 0.111. The van der Waals surface area contributed by atoms with Gasteiger partial charge in [0, 0.05) is 38.4 Å². The Morgan fingerprint density at radius 3 is 2.88 bits per heavy atom. The van der Waals surface area contributed by atoms with Gasteiger partial charge in [0.25, 0.3) is 0 Å². The van der Waals surface area contributed by atoms with Crippen molar-refractivity contribution >= 4 is 17.5 Å². The molecule has 2 heterocycles. The molecule has 1 aromatic heterocycles. The van der Waals surface area contributed by atoms with Gasteiger partial charge in [-0.15, -0.1) is 0 Å². The molecule has 0 saturated carbocycles. The number of halogens is 1. The van der Waals surface area contributed by atoms with Crippen LogP contribution in [0, 0.1) is 25.6 Å². The summed E-state index contributed by atoms with van der Waals surface area (Å²) in [4.78, 5) is 30.1. The lowest BCUT2D eigenvalue weighted by molar-refractivity contribution is -0.126. The number of aromatic nitrogens is 2. The first-order valence-electron chi connectivity index (χ1n) is 8.77. The highest BCUT2D eigenvalue weighted by atomic mass is 19.1. The Balaban J connectivity index is 1.51. The normalized spacial score (nSPS) is 17.0. The van der Waals surface area contributed by atoms with Crippen molar-refractivity contribution in [2.45, 2.75) is 33.2 Å². The van der Waals surface area contributed by atoms with Crippen molar-refractivity contribution in [2.75, 3.05) is 18.0 Å². The first kappa shape index (κ1) is 18.1. The van der Waals surface area contributed by atoms with Crippen LogP contribution in [0.1, 0.15) is 24.2 Å². The average molecular weight is 358 g/mol. The maximum absolute atomic E-state index is 14.1. The number of rotatable bonds is 6. The zero-order valence-electron chi connectivity index (χ0n) is 15.0. The maximum atomic E-state index is 14.1. The number of nitrogens with zero attached hydrogens (tertiary/aromatic N) is 3. The first-order valence-corrected chi connectivity index (χ1v) is 8.77. The molecular formula is C19H23FN4O2.